The summed E-state index contributed by atoms with van der Waals surface area (Å²) in [6.07, 6.45) is 3.17. The van der Waals surface area contributed by atoms with Crippen LogP contribution in [0.3, 0.4) is 0 Å². The minimum atomic E-state index is -0.597. The summed E-state index contributed by atoms with van der Waals surface area (Å²) in [6, 6.07) is 10.7. The lowest BCUT2D eigenvalue weighted by Gasteiger charge is -2.35. The lowest BCUT2D eigenvalue weighted by atomic mass is 9.96. The normalized spacial score (nSPS) is 17.7. The largest absolute Gasteiger partial charge is 0.352 e. The second-order valence-corrected chi connectivity index (χ2v) is 6.25. The van der Waals surface area contributed by atoms with Crippen molar-refractivity contribution < 1.29 is 9.59 Å². The molecule has 1 unspecified atom stereocenters. The molecule has 1 aliphatic heterocycles. The molecule has 1 fully saturated rings. The Balaban J connectivity index is 1.92. The third-order valence-corrected chi connectivity index (χ3v) is 4.32. The van der Waals surface area contributed by atoms with Crippen LogP contribution in [0.2, 0.25) is 0 Å². The molecule has 0 aliphatic carbocycles. The van der Waals surface area contributed by atoms with Crippen molar-refractivity contribution in [3.8, 4) is 0 Å². The van der Waals surface area contributed by atoms with Gasteiger partial charge in [0.2, 0.25) is 5.91 Å². The smallest absolute Gasteiger partial charge is 0.254 e. The number of hydrogen-bond acceptors (Lipinski definition) is 3. The van der Waals surface area contributed by atoms with Crippen LogP contribution in [0.15, 0.2) is 48.8 Å². The van der Waals surface area contributed by atoms with Crippen LogP contribution in [-0.4, -0.2) is 34.8 Å². The number of nitrogens with zero attached hydrogens (tertiary/aromatic N) is 2. The average molecular weight is 323 g/mol. The summed E-state index contributed by atoms with van der Waals surface area (Å²) in [7, 11) is 0. The Hall–Kier alpha value is -2.69. The lowest BCUT2D eigenvalue weighted by Crippen LogP contribution is -2.52. The lowest BCUT2D eigenvalue weighted by molar-refractivity contribution is -0.128. The Kier molecular flexibility index (Phi) is 4.60. The highest BCUT2D eigenvalue weighted by Crippen LogP contribution is 2.26. The van der Waals surface area contributed by atoms with Gasteiger partial charge in [0, 0.05) is 31.0 Å². The van der Waals surface area contributed by atoms with Crippen molar-refractivity contribution in [1.29, 1.82) is 0 Å². The number of nitrogens with one attached hydrogen (secondary N) is 1. The molecule has 5 heteroatoms. The van der Waals surface area contributed by atoms with Gasteiger partial charge in [-0.2, -0.15) is 0 Å². The van der Waals surface area contributed by atoms with Gasteiger partial charge in [0.05, 0.1) is 0 Å². The maximum Gasteiger partial charge on any atom is 0.254 e. The number of benzene rings is 1. The molecule has 0 bridgehead atoms. The number of carbonyl (C=O) groups is 2. The average Bonchev–Trinajstić information content (AvgIpc) is 2.61. The van der Waals surface area contributed by atoms with E-state index in [-0.39, 0.29) is 11.8 Å². The molecule has 1 saturated heterocycles. The zero-order valence-electron chi connectivity index (χ0n) is 13.9. The van der Waals surface area contributed by atoms with E-state index < -0.39 is 6.04 Å². The molecule has 1 atom stereocenters. The predicted octanol–water partition coefficient (Wildman–Crippen LogP) is 2.52. The summed E-state index contributed by atoms with van der Waals surface area (Å²) in [6.45, 7) is 5.21. The number of piperazine rings is 1. The van der Waals surface area contributed by atoms with E-state index in [2.05, 4.69) is 24.1 Å². The second-order valence-electron chi connectivity index (χ2n) is 6.25. The third-order valence-electron chi connectivity index (χ3n) is 4.32. The standard InChI is InChI=1S/C19H21N3O2/c1-13(2)14-3-5-15(6-4-14)17-18(23)21-11-12-22(17)19(24)16-7-9-20-10-8-16/h3-10,13,17H,11-12H2,1-2H3,(H,21,23). The first kappa shape index (κ1) is 16.2. The van der Waals surface area contributed by atoms with Crippen molar-refractivity contribution in [3.05, 3.63) is 65.5 Å². The molecule has 1 aromatic heterocycles. The number of hydrogen-bond donors (Lipinski definition) is 1. The molecule has 1 N–H and O–H groups in total. The Morgan fingerprint density at radius 1 is 1.17 bits per heavy atom. The van der Waals surface area contributed by atoms with E-state index in [9.17, 15) is 9.59 Å². The van der Waals surface area contributed by atoms with Gasteiger partial charge in [-0.15, -0.1) is 0 Å². The van der Waals surface area contributed by atoms with Gasteiger partial charge < -0.3 is 10.2 Å². The molecular weight excluding hydrogens is 302 g/mol. The van der Waals surface area contributed by atoms with E-state index in [0.717, 1.165) is 5.56 Å². The fourth-order valence-corrected chi connectivity index (χ4v) is 2.94. The summed E-state index contributed by atoms with van der Waals surface area (Å²) in [5.74, 6) is 0.139. The highest BCUT2D eigenvalue weighted by Gasteiger charge is 2.34. The monoisotopic (exact) mass is 323 g/mol. The van der Waals surface area contributed by atoms with E-state index in [4.69, 9.17) is 0 Å². The molecule has 1 aliphatic rings. The summed E-state index contributed by atoms with van der Waals surface area (Å²) < 4.78 is 0. The van der Waals surface area contributed by atoms with Crippen molar-refractivity contribution in [2.75, 3.05) is 13.1 Å². The van der Waals surface area contributed by atoms with Crippen molar-refractivity contribution >= 4 is 11.8 Å². The molecule has 0 radical (unpaired) electrons. The molecule has 1 aromatic carbocycles. The number of amides is 2. The first-order valence-corrected chi connectivity index (χ1v) is 8.16. The SMILES string of the molecule is CC(C)c1ccc(C2C(=O)NCCN2C(=O)c2ccncc2)cc1. The van der Waals surface area contributed by atoms with Gasteiger partial charge in [0.1, 0.15) is 6.04 Å². The molecule has 3 rings (SSSR count). The van der Waals surface area contributed by atoms with E-state index in [0.29, 0.717) is 24.6 Å². The van der Waals surface area contributed by atoms with E-state index in [1.807, 2.05) is 24.3 Å². The molecule has 5 nitrogen and oxygen atoms in total. The van der Waals surface area contributed by atoms with E-state index in [1.165, 1.54) is 5.56 Å². The van der Waals surface area contributed by atoms with Crippen LogP contribution in [0.1, 0.15) is 47.3 Å². The zero-order chi connectivity index (χ0) is 17.1. The Morgan fingerprint density at radius 3 is 2.46 bits per heavy atom. The van der Waals surface area contributed by atoms with Gasteiger partial charge in [0.15, 0.2) is 0 Å². The summed E-state index contributed by atoms with van der Waals surface area (Å²) >= 11 is 0. The van der Waals surface area contributed by atoms with Gasteiger partial charge in [-0.3, -0.25) is 14.6 Å². The van der Waals surface area contributed by atoms with Crippen LogP contribution in [0, 0.1) is 0 Å². The van der Waals surface area contributed by atoms with Crippen LogP contribution in [-0.2, 0) is 4.79 Å². The number of rotatable bonds is 3. The van der Waals surface area contributed by atoms with Crippen molar-refractivity contribution in [1.82, 2.24) is 15.2 Å². The van der Waals surface area contributed by atoms with Crippen LogP contribution in [0.4, 0.5) is 0 Å². The molecule has 2 heterocycles. The fourth-order valence-electron chi connectivity index (χ4n) is 2.94. The maximum atomic E-state index is 12.8. The summed E-state index contributed by atoms with van der Waals surface area (Å²) in [5.41, 5.74) is 2.59. The first-order valence-electron chi connectivity index (χ1n) is 8.16. The van der Waals surface area contributed by atoms with Crippen LogP contribution in [0.25, 0.3) is 0 Å². The Bertz CT molecular complexity index is 726. The van der Waals surface area contributed by atoms with Gasteiger partial charge in [0.25, 0.3) is 5.91 Å². The van der Waals surface area contributed by atoms with Gasteiger partial charge in [-0.05, 0) is 29.2 Å². The predicted molar refractivity (Wildman–Crippen MR) is 91.6 cm³/mol. The van der Waals surface area contributed by atoms with Crippen molar-refractivity contribution in [2.24, 2.45) is 0 Å². The highest BCUT2D eigenvalue weighted by atomic mass is 16.2. The van der Waals surface area contributed by atoms with Crippen LogP contribution < -0.4 is 5.32 Å². The molecule has 24 heavy (non-hydrogen) atoms. The minimum absolute atomic E-state index is 0.138. The van der Waals surface area contributed by atoms with Crippen molar-refractivity contribution in [2.45, 2.75) is 25.8 Å². The third kappa shape index (κ3) is 3.15. The fraction of sp³-hybridized carbons (Fsp3) is 0.316. The van der Waals surface area contributed by atoms with E-state index in [1.54, 1.807) is 29.4 Å². The molecule has 2 amide bonds. The van der Waals surface area contributed by atoms with E-state index >= 15 is 0 Å². The first-order chi connectivity index (χ1) is 11.6. The quantitative estimate of drug-likeness (QED) is 0.944. The summed E-state index contributed by atoms with van der Waals surface area (Å²) in [4.78, 5) is 30.8. The zero-order valence-corrected chi connectivity index (χ0v) is 13.9. The number of aromatic nitrogens is 1. The van der Waals surface area contributed by atoms with Gasteiger partial charge in [-0.25, -0.2) is 0 Å². The highest BCUT2D eigenvalue weighted by molar-refractivity contribution is 5.98. The summed E-state index contributed by atoms with van der Waals surface area (Å²) in [5, 5.41) is 2.86. The van der Waals surface area contributed by atoms with Gasteiger partial charge in [-0.1, -0.05) is 38.1 Å². The molecule has 124 valence electrons. The number of carbonyl (C=O) groups excluding carboxylic acids is 2. The minimum Gasteiger partial charge on any atom is -0.352 e. The topological polar surface area (TPSA) is 62.3 Å². The van der Waals surface area contributed by atoms with Crippen LogP contribution in [0.5, 0.6) is 0 Å². The molecular formula is C19H21N3O2. The Morgan fingerprint density at radius 2 is 1.83 bits per heavy atom. The molecule has 0 spiro atoms. The van der Waals surface area contributed by atoms with Gasteiger partial charge >= 0.3 is 0 Å². The molecule has 0 saturated carbocycles. The maximum absolute atomic E-state index is 12.8. The number of pyridine rings is 1. The van der Waals surface area contributed by atoms with Crippen molar-refractivity contribution in [3.63, 3.8) is 0 Å². The second kappa shape index (κ2) is 6.83. The Labute approximate surface area is 141 Å². The van der Waals surface area contributed by atoms with Crippen LogP contribution >= 0.6 is 0 Å². The molecule has 2 aromatic rings.